The average molecular weight is 383 g/mol. The fourth-order valence-electron chi connectivity index (χ4n) is 3.12. The Labute approximate surface area is 161 Å². The van der Waals surface area contributed by atoms with Crippen molar-refractivity contribution in [1.82, 2.24) is 24.5 Å². The molecule has 146 valence electrons. The fraction of sp³-hybridized carbons (Fsp3) is 0.389. The summed E-state index contributed by atoms with van der Waals surface area (Å²) in [6, 6.07) is 3.48. The molecule has 0 saturated carbocycles. The Balaban J connectivity index is 1.35. The van der Waals surface area contributed by atoms with E-state index in [9.17, 15) is 4.79 Å². The number of fused-ring (bicyclic) bond motifs is 1. The third-order valence-corrected chi connectivity index (χ3v) is 4.52. The molecule has 0 aliphatic carbocycles. The normalized spacial score (nSPS) is 14.4. The van der Waals surface area contributed by atoms with Crippen LogP contribution in [0.4, 0.5) is 11.6 Å². The van der Waals surface area contributed by atoms with Crippen LogP contribution in [0, 0.1) is 0 Å². The molecule has 4 heterocycles. The molecule has 3 aromatic rings. The lowest BCUT2D eigenvalue weighted by Crippen LogP contribution is -2.37. The standard InChI is InChI=1S/C18H21N7O3/c19-15-14-17(22-11-21-15)25(12-23-14)5-2-8-28-18(26)13-3-1-4-20-16(13)24-6-9-27-10-7-24/h1,3-4,11-12H,2,5-10H2,(H2,19,21,22). The highest BCUT2D eigenvalue weighted by Crippen LogP contribution is 2.19. The van der Waals surface area contributed by atoms with Crippen LogP contribution in [0.1, 0.15) is 16.8 Å². The molecule has 1 fully saturated rings. The molecule has 0 bridgehead atoms. The van der Waals surface area contributed by atoms with Crippen LogP contribution in [0.25, 0.3) is 11.2 Å². The van der Waals surface area contributed by atoms with Crippen molar-refractivity contribution in [2.45, 2.75) is 13.0 Å². The zero-order valence-corrected chi connectivity index (χ0v) is 15.3. The summed E-state index contributed by atoms with van der Waals surface area (Å²) >= 11 is 0. The molecule has 0 spiro atoms. The van der Waals surface area contributed by atoms with Gasteiger partial charge in [-0.3, -0.25) is 0 Å². The second-order valence-electron chi connectivity index (χ2n) is 6.33. The van der Waals surface area contributed by atoms with Gasteiger partial charge in [-0.25, -0.2) is 24.7 Å². The number of anilines is 2. The van der Waals surface area contributed by atoms with E-state index in [1.54, 1.807) is 24.7 Å². The number of carbonyl (C=O) groups is 1. The number of carbonyl (C=O) groups excluding carboxylic acids is 1. The molecule has 4 rings (SSSR count). The van der Waals surface area contributed by atoms with Crippen LogP contribution >= 0.6 is 0 Å². The summed E-state index contributed by atoms with van der Waals surface area (Å²) in [5, 5.41) is 0. The number of aryl methyl sites for hydroxylation is 1. The van der Waals surface area contributed by atoms with Crippen LogP contribution in [0.5, 0.6) is 0 Å². The van der Waals surface area contributed by atoms with E-state index in [2.05, 4.69) is 19.9 Å². The molecule has 10 heteroatoms. The molecule has 0 aromatic carbocycles. The van der Waals surface area contributed by atoms with Gasteiger partial charge >= 0.3 is 5.97 Å². The number of hydrogen-bond acceptors (Lipinski definition) is 9. The maximum absolute atomic E-state index is 12.6. The molecule has 0 unspecified atom stereocenters. The summed E-state index contributed by atoms with van der Waals surface area (Å²) in [6.45, 7) is 3.53. The predicted octanol–water partition coefficient (Wildman–Crippen LogP) is 0.887. The summed E-state index contributed by atoms with van der Waals surface area (Å²) < 4.78 is 12.7. The highest BCUT2D eigenvalue weighted by molar-refractivity contribution is 5.94. The number of ether oxygens (including phenoxy) is 2. The van der Waals surface area contributed by atoms with Crippen molar-refractivity contribution < 1.29 is 14.3 Å². The average Bonchev–Trinajstić information content (AvgIpc) is 3.16. The zero-order chi connectivity index (χ0) is 19.3. The summed E-state index contributed by atoms with van der Waals surface area (Å²) in [7, 11) is 0. The van der Waals surface area contributed by atoms with E-state index < -0.39 is 0 Å². The van der Waals surface area contributed by atoms with Gasteiger partial charge in [-0.05, 0) is 18.6 Å². The van der Waals surface area contributed by atoms with Gasteiger partial charge < -0.3 is 24.7 Å². The molecule has 1 aliphatic heterocycles. The van der Waals surface area contributed by atoms with Crippen LogP contribution in [-0.2, 0) is 16.0 Å². The first-order valence-corrected chi connectivity index (χ1v) is 9.10. The predicted molar refractivity (Wildman–Crippen MR) is 102 cm³/mol. The summed E-state index contributed by atoms with van der Waals surface area (Å²) in [4.78, 5) is 31.3. The number of pyridine rings is 1. The summed E-state index contributed by atoms with van der Waals surface area (Å²) in [5.41, 5.74) is 7.50. The quantitative estimate of drug-likeness (QED) is 0.488. The van der Waals surface area contributed by atoms with Crippen molar-refractivity contribution in [2.75, 3.05) is 43.5 Å². The van der Waals surface area contributed by atoms with Gasteiger partial charge in [0.15, 0.2) is 11.5 Å². The number of hydrogen-bond donors (Lipinski definition) is 1. The minimum absolute atomic E-state index is 0.274. The van der Waals surface area contributed by atoms with Gasteiger partial charge in [-0.15, -0.1) is 0 Å². The van der Waals surface area contributed by atoms with Gasteiger partial charge in [0.1, 0.15) is 23.2 Å². The fourth-order valence-corrected chi connectivity index (χ4v) is 3.12. The van der Waals surface area contributed by atoms with E-state index in [1.165, 1.54) is 6.33 Å². The lowest BCUT2D eigenvalue weighted by Gasteiger charge is -2.28. The molecule has 28 heavy (non-hydrogen) atoms. The van der Waals surface area contributed by atoms with Gasteiger partial charge in [0, 0.05) is 25.8 Å². The Bertz CT molecular complexity index is 969. The second kappa shape index (κ2) is 8.17. The molecule has 2 N–H and O–H groups in total. The SMILES string of the molecule is Nc1ncnc2c1ncn2CCCOC(=O)c1cccnc1N1CCOCC1. The van der Waals surface area contributed by atoms with Crippen molar-refractivity contribution in [3.63, 3.8) is 0 Å². The third kappa shape index (κ3) is 3.72. The second-order valence-corrected chi connectivity index (χ2v) is 6.33. The van der Waals surface area contributed by atoms with Gasteiger partial charge in [0.2, 0.25) is 0 Å². The number of morpholine rings is 1. The zero-order valence-electron chi connectivity index (χ0n) is 15.3. The van der Waals surface area contributed by atoms with Gasteiger partial charge in [0.05, 0.1) is 26.1 Å². The van der Waals surface area contributed by atoms with E-state index in [1.807, 2.05) is 9.47 Å². The molecular weight excluding hydrogens is 362 g/mol. The van der Waals surface area contributed by atoms with E-state index in [0.29, 0.717) is 67.6 Å². The molecule has 1 saturated heterocycles. The maximum Gasteiger partial charge on any atom is 0.341 e. The van der Waals surface area contributed by atoms with Crippen molar-refractivity contribution in [1.29, 1.82) is 0 Å². The number of esters is 1. The molecular formula is C18H21N7O3. The number of imidazole rings is 1. The van der Waals surface area contributed by atoms with Gasteiger partial charge in [-0.2, -0.15) is 0 Å². The van der Waals surface area contributed by atoms with E-state index >= 15 is 0 Å². The largest absolute Gasteiger partial charge is 0.462 e. The summed E-state index contributed by atoms with van der Waals surface area (Å²) in [6.07, 6.45) is 5.37. The lowest BCUT2D eigenvalue weighted by molar-refractivity contribution is 0.0495. The highest BCUT2D eigenvalue weighted by atomic mass is 16.5. The monoisotopic (exact) mass is 383 g/mol. The number of nitrogens with two attached hydrogens (primary N) is 1. The molecule has 0 atom stereocenters. The van der Waals surface area contributed by atoms with E-state index in [4.69, 9.17) is 15.2 Å². The van der Waals surface area contributed by atoms with Crippen LogP contribution in [0.3, 0.4) is 0 Å². The van der Waals surface area contributed by atoms with Crippen molar-refractivity contribution in [3.8, 4) is 0 Å². The highest BCUT2D eigenvalue weighted by Gasteiger charge is 2.20. The van der Waals surface area contributed by atoms with Crippen LogP contribution < -0.4 is 10.6 Å². The first kappa shape index (κ1) is 18.1. The number of aromatic nitrogens is 5. The smallest absolute Gasteiger partial charge is 0.341 e. The van der Waals surface area contributed by atoms with Gasteiger partial charge in [-0.1, -0.05) is 0 Å². The Kier molecular flexibility index (Phi) is 5.29. The van der Waals surface area contributed by atoms with Crippen molar-refractivity contribution in [2.24, 2.45) is 0 Å². The number of nitrogens with zero attached hydrogens (tertiary/aromatic N) is 6. The van der Waals surface area contributed by atoms with Crippen LogP contribution in [0.2, 0.25) is 0 Å². The third-order valence-electron chi connectivity index (χ3n) is 4.52. The lowest BCUT2D eigenvalue weighted by atomic mass is 10.2. The minimum Gasteiger partial charge on any atom is -0.462 e. The summed E-state index contributed by atoms with van der Waals surface area (Å²) in [5.74, 6) is 0.614. The van der Waals surface area contributed by atoms with Crippen LogP contribution in [0.15, 0.2) is 31.0 Å². The Morgan fingerprint density at radius 3 is 2.93 bits per heavy atom. The maximum atomic E-state index is 12.6. The minimum atomic E-state index is -0.378. The Hall–Kier alpha value is -3.27. The number of rotatable bonds is 6. The molecule has 0 radical (unpaired) electrons. The Morgan fingerprint density at radius 2 is 2.07 bits per heavy atom. The molecule has 3 aromatic heterocycles. The first-order valence-electron chi connectivity index (χ1n) is 9.10. The van der Waals surface area contributed by atoms with E-state index in [0.717, 1.165) is 0 Å². The topological polar surface area (TPSA) is 121 Å². The molecule has 0 amide bonds. The molecule has 1 aliphatic rings. The van der Waals surface area contributed by atoms with Crippen molar-refractivity contribution in [3.05, 3.63) is 36.5 Å². The van der Waals surface area contributed by atoms with Crippen LogP contribution in [-0.4, -0.2) is 63.4 Å². The Morgan fingerprint density at radius 1 is 1.21 bits per heavy atom. The van der Waals surface area contributed by atoms with Gasteiger partial charge in [0.25, 0.3) is 0 Å². The first-order chi connectivity index (χ1) is 13.7. The number of nitrogen functional groups attached to an aromatic ring is 1. The molecule has 10 nitrogen and oxygen atoms in total. The van der Waals surface area contributed by atoms with E-state index in [-0.39, 0.29) is 12.6 Å². The van der Waals surface area contributed by atoms with Crippen molar-refractivity contribution >= 4 is 28.8 Å².